The summed E-state index contributed by atoms with van der Waals surface area (Å²) < 4.78 is 24.4. The van der Waals surface area contributed by atoms with E-state index in [9.17, 15) is 8.42 Å². The number of hydrogen-bond acceptors (Lipinski definition) is 3. The first kappa shape index (κ1) is 11.7. The van der Waals surface area contributed by atoms with Crippen LogP contribution in [0.5, 0.6) is 0 Å². The maximum absolute atomic E-state index is 11.6. The summed E-state index contributed by atoms with van der Waals surface area (Å²) in [5.41, 5.74) is 0. The molecule has 1 aromatic rings. The lowest BCUT2D eigenvalue weighted by atomic mass is 10.6. The summed E-state index contributed by atoms with van der Waals surface area (Å²) in [7, 11) is -3.04. The molecule has 0 amide bonds. The molecular formula is C7H8Br2O2S2. The summed E-state index contributed by atoms with van der Waals surface area (Å²) in [6, 6.07) is 3.39. The minimum absolute atomic E-state index is 0.213. The summed E-state index contributed by atoms with van der Waals surface area (Å²) in [5, 5.41) is 0.721. The average molecular weight is 348 g/mol. The Labute approximate surface area is 98.5 Å². The summed E-state index contributed by atoms with van der Waals surface area (Å²) in [4.78, 5) is 0. The Morgan fingerprint density at radius 3 is 2.54 bits per heavy atom. The summed E-state index contributed by atoms with van der Waals surface area (Å²) in [6.45, 7) is 0. The van der Waals surface area contributed by atoms with Crippen molar-refractivity contribution in [3.05, 3.63) is 15.9 Å². The summed E-state index contributed by atoms with van der Waals surface area (Å²) in [5.74, 6) is 0.213. The van der Waals surface area contributed by atoms with E-state index in [1.807, 2.05) is 0 Å². The van der Waals surface area contributed by atoms with Crippen molar-refractivity contribution in [1.29, 1.82) is 0 Å². The highest BCUT2D eigenvalue weighted by Gasteiger charge is 2.15. The molecule has 0 radical (unpaired) electrons. The molecule has 0 aliphatic rings. The fraction of sp³-hybridized carbons (Fsp3) is 0.429. The fourth-order valence-corrected chi connectivity index (χ4v) is 4.93. The first-order valence-electron chi connectivity index (χ1n) is 3.60. The molecular weight excluding hydrogens is 340 g/mol. The molecule has 2 nitrogen and oxygen atoms in total. The predicted molar refractivity (Wildman–Crippen MR) is 62.5 cm³/mol. The van der Waals surface area contributed by atoms with Crippen LogP contribution < -0.4 is 0 Å². The van der Waals surface area contributed by atoms with Gasteiger partial charge in [-0.3, -0.25) is 0 Å². The van der Waals surface area contributed by atoms with Crippen LogP contribution in [0.15, 0.2) is 20.1 Å². The van der Waals surface area contributed by atoms with E-state index in [0.717, 1.165) is 9.12 Å². The SMILES string of the molecule is O=S(=O)(CCCBr)c1ccc(Br)s1. The van der Waals surface area contributed by atoms with Crippen molar-refractivity contribution in [3.63, 3.8) is 0 Å². The fourth-order valence-electron chi connectivity index (χ4n) is 0.810. The lowest BCUT2D eigenvalue weighted by Crippen LogP contribution is -2.04. The van der Waals surface area contributed by atoms with Gasteiger partial charge in [0.25, 0.3) is 0 Å². The van der Waals surface area contributed by atoms with Crippen LogP contribution in [0.3, 0.4) is 0 Å². The largest absolute Gasteiger partial charge is 0.223 e. The minimum Gasteiger partial charge on any atom is -0.223 e. The number of alkyl halides is 1. The molecule has 0 atom stereocenters. The Balaban J connectivity index is 2.82. The first-order valence-corrected chi connectivity index (χ1v) is 7.98. The van der Waals surface area contributed by atoms with Gasteiger partial charge in [0.15, 0.2) is 9.84 Å². The molecule has 0 N–H and O–H groups in total. The minimum atomic E-state index is -3.04. The molecule has 0 fully saturated rings. The molecule has 0 spiro atoms. The predicted octanol–water partition coefficient (Wildman–Crippen LogP) is 3.07. The molecule has 0 aromatic carbocycles. The molecule has 1 heterocycles. The Bertz CT molecular complexity index is 370. The van der Waals surface area contributed by atoms with Gasteiger partial charge in [0.1, 0.15) is 4.21 Å². The smallest absolute Gasteiger partial charge is 0.187 e. The number of rotatable bonds is 4. The normalized spacial score (nSPS) is 11.8. The maximum atomic E-state index is 11.6. The third-order valence-corrected chi connectivity index (χ3v) is 5.97. The molecule has 0 unspecified atom stereocenters. The van der Waals surface area contributed by atoms with Crippen LogP contribution in [0, 0.1) is 0 Å². The van der Waals surface area contributed by atoms with E-state index in [4.69, 9.17) is 0 Å². The van der Waals surface area contributed by atoms with Gasteiger partial charge in [-0.15, -0.1) is 11.3 Å². The van der Waals surface area contributed by atoms with Crippen LogP contribution in [0.4, 0.5) is 0 Å². The van der Waals surface area contributed by atoms with Gasteiger partial charge < -0.3 is 0 Å². The van der Waals surface area contributed by atoms with Crippen molar-refractivity contribution >= 4 is 53.0 Å². The highest BCUT2D eigenvalue weighted by molar-refractivity contribution is 9.11. The molecule has 0 saturated carbocycles. The number of thiophene rings is 1. The molecule has 1 aromatic heterocycles. The third-order valence-electron chi connectivity index (χ3n) is 1.40. The monoisotopic (exact) mass is 346 g/mol. The van der Waals surface area contributed by atoms with Crippen molar-refractivity contribution in [3.8, 4) is 0 Å². The van der Waals surface area contributed by atoms with Crippen molar-refractivity contribution in [2.75, 3.05) is 11.1 Å². The second-order valence-corrected chi connectivity index (χ2v) is 8.01. The van der Waals surface area contributed by atoms with E-state index in [1.54, 1.807) is 12.1 Å². The number of sulfone groups is 1. The molecule has 6 heteroatoms. The zero-order chi connectivity index (χ0) is 9.90. The van der Waals surface area contributed by atoms with E-state index in [2.05, 4.69) is 31.9 Å². The van der Waals surface area contributed by atoms with Gasteiger partial charge in [0.2, 0.25) is 0 Å². The molecule has 74 valence electrons. The van der Waals surface area contributed by atoms with Gasteiger partial charge in [0, 0.05) is 5.33 Å². The molecule has 0 saturated heterocycles. The zero-order valence-electron chi connectivity index (χ0n) is 6.66. The molecule has 0 aliphatic heterocycles. The van der Waals surface area contributed by atoms with E-state index in [1.165, 1.54) is 11.3 Å². The molecule has 0 bridgehead atoms. The van der Waals surface area contributed by atoms with E-state index >= 15 is 0 Å². The maximum Gasteiger partial charge on any atom is 0.187 e. The Morgan fingerprint density at radius 2 is 2.08 bits per heavy atom. The first-order chi connectivity index (χ1) is 6.06. The zero-order valence-corrected chi connectivity index (χ0v) is 11.5. The lowest BCUT2D eigenvalue weighted by Gasteiger charge is -1.97. The highest BCUT2D eigenvalue weighted by atomic mass is 79.9. The third kappa shape index (κ3) is 3.34. The molecule has 1 rings (SSSR count). The van der Waals surface area contributed by atoms with Gasteiger partial charge in [-0.2, -0.15) is 0 Å². The van der Waals surface area contributed by atoms with E-state index in [0.29, 0.717) is 10.6 Å². The molecule has 13 heavy (non-hydrogen) atoms. The Kier molecular flexibility index (Phi) is 4.41. The van der Waals surface area contributed by atoms with E-state index in [-0.39, 0.29) is 5.75 Å². The topological polar surface area (TPSA) is 34.1 Å². The quantitative estimate of drug-likeness (QED) is 0.784. The van der Waals surface area contributed by atoms with Crippen molar-refractivity contribution in [2.24, 2.45) is 0 Å². The van der Waals surface area contributed by atoms with Gasteiger partial charge in [-0.05, 0) is 34.5 Å². The standard InChI is InChI=1S/C7H8Br2O2S2/c8-4-1-5-13(10,11)7-3-2-6(9)12-7/h2-3H,1,4-5H2. The van der Waals surface area contributed by atoms with Gasteiger partial charge in [0.05, 0.1) is 9.54 Å². The van der Waals surface area contributed by atoms with Gasteiger partial charge in [-0.25, -0.2) is 8.42 Å². The van der Waals surface area contributed by atoms with Crippen LogP contribution in [0.2, 0.25) is 0 Å². The summed E-state index contributed by atoms with van der Waals surface area (Å²) in [6.07, 6.45) is 0.651. The van der Waals surface area contributed by atoms with Crippen molar-refractivity contribution in [1.82, 2.24) is 0 Å². The summed E-state index contributed by atoms with van der Waals surface area (Å²) >= 11 is 7.71. The van der Waals surface area contributed by atoms with Crippen LogP contribution in [0.1, 0.15) is 6.42 Å². The lowest BCUT2D eigenvalue weighted by molar-refractivity contribution is 0.597. The Hall–Kier alpha value is 0.610. The second kappa shape index (κ2) is 4.91. The second-order valence-electron chi connectivity index (χ2n) is 2.42. The van der Waals surface area contributed by atoms with Crippen LogP contribution >= 0.6 is 43.2 Å². The van der Waals surface area contributed by atoms with Gasteiger partial charge in [-0.1, -0.05) is 15.9 Å². The van der Waals surface area contributed by atoms with Crippen LogP contribution in [-0.2, 0) is 9.84 Å². The van der Waals surface area contributed by atoms with Crippen molar-refractivity contribution < 1.29 is 8.42 Å². The average Bonchev–Trinajstić information content (AvgIpc) is 2.49. The molecule has 0 aliphatic carbocycles. The number of hydrogen-bond donors (Lipinski definition) is 0. The van der Waals surface area contributed by atoms with E-state index < -0.39 is 9.84 Å². The number of halogens is 2. The van der Waals surface area contributed by atoms with Crippen LogP contribution in [-0.4, -0.2) is 19.5 Å². The van der Waals surface area contributed by atoms with Crippen LogP contribution in [0.25, 0.3) is 0 Å². The van der Waals surface area contributed by atoms with Crippen molar-refractivity contribution in [2.45, 2.75) is 10.6 Å². The van der Waals surface area contributed by atoms with Gasteiger partial charge >= 0.3 is 0 Å². The Morgan fingerprint density at radius 1 is 1.38 bits per heavy atom. The highest BCUT2D eigenvalue weighted by Crippen LogP contribution is 2.27.